The molecule has 2 aromatic carbocycles. The fraction of sp³-hybridized carbons (Fsp3) is 0.346. The van der Waals surface area contributed by atoms with E-state index in [1.165, 1.54) is 0 Å². The first-order chi connectivity index (χ1) is 16.4. The highest BCUT2D eigenvalue weighted by molar-refractivity contribution is 7.24. The number of hydrogen-bond donors (Lipinski definition) is 1. The number of nitrogens with zero attached hydrogens (tertiary/aromatic N) is 1. The second kappa shape index (κ2) is 12.3. The molecule has 34 heavy (non-hydrogen) atoms. The highest BCUT2D eigenvalue weighted by atomic mass is 32.1. The molecule has 0 saturated heterocycles. The van der Waals surface area contributed by atoms with Gasteiger partial charge in [0.15, 0.2) is 12.0 Å². The summed E-state index contributed by atoms with van der Waals surface area (Å²) < 4.78 is 12.6. The van der Waals surface area contributed by atoms with Gasteiger partial charge in [0.25, 0.3) is 5.91 Å². The van der Waals surface area contributed by atoms with Gasteiger partial charge in [-0.2, -0.15) is 0 Å². The molecule has 0 radical (unpaired) electrons. The zero-order chi connectivity index (χ0) is 24.5. The second-order valence-electron chi connectivity index (χ2n) is 7.75. The van der Waals surface area contributed by atoms with Gasteiger partial charge in [-0.05, 0) is 43.3 Å². The lowest BCUT2D eigenvalue weighted by atomic mass is 10.2. The maximum atomic E-state index is 12.8. The van der Waals surface area contributed by atoms with Gasteiger partial charge in [-0.3, -0.25) is 14.5 Å². The number of carbonyl (C=O) groups is 2. The molecule has 180 valence electrons. The van der Waals surface area contributed by atoms with Crippen molar-refractivity contribution in [3.05, 3.63) is 64.8 Å². The molecular weight excluding hydrogens is 452 g/mol. The molecule has 0 aliphatic rings. The van der Waals surface area contributed by atoms with Crippen LogP contribution in [-0.4, -0.2) is 56.2 Å². The Morgan fingerprint density at radius 1 is 1.06 bits per heavy atom. The van der Waals surface area contributed by atoms with E-state index in [-0.39, 0.29) is 30.5 Å². The maximum Gasteiger partial charge on any atom is 0.333 e. The lowest BCUT2D eigenvalue weighted by Crippen LogP contribution is -2.38. The van der Waals surface area contributed by atoms with Gasteiger partial charge in [0.1, 0.15) is 12.4 Å². The Morgan fingerprint density at radius 3 is 2.59 bits per heavy atom. The molecule has 0 aliphatic heterocycles. The lowest BCUT2D eigenvalue weighted by molar-refractivity contribution is -0.139. The van der Waals surface area contributed by atoms with Crippen LogP contribution >= 0.6 is 11.3 Å². The number of rotatable bonds is 12. The van der Waals surface area contributed by atoms with E-state index in [1.54, 1.807) is 23.5 Å². The van der Waals surface area contributed by atoms with Gasteiger partial charge in [0.05, 0.1) is 0 Å². The van der Waals surface area contributed by atoms with Gasteiger partial charge in [-0.25, -0.2) is 4.79 Å². The Bertz CT molecular complexity index is 1240. The number of amides is 1. The minimum atomic E-state index is -0.365. The van der Waals surface area contributed by atoms with Gasteiger partial charge in [0, 0.05) is 45.4 Å². The number of ether oxygens (including phenoxy) is 2. The quantitative estimate of drug-likeness (QED) is 0.241. The molecule has 3 aromatic rings. The van der Waals surface area contributed by atoms with E-state index in [2.05, 4.69) is 16.8 Å². The summed E-state index contributed by atoms with van der Waals surface area (Å²) >= 11 is 1.55. The fourth-order valence-electron chi connectivity index (χ4n) is 3.37. The maximum absolute atomic E-state index is 12.8. The molecule has 0 atom stereocenters. The minimum Gasteiger partial charge on any atom is -0.484 e. The largest absolute Gasteiger partial charge is 0.484 e. The standard InChI is InChI=1S/C26H30N2O5S/c1-4-18(3)26(31)32-15-14-28(5-2)13-12-27-24(29)17-33-19-10-11-23-21(16-19)25(30)20-8-6-7-9-22(20)34-23/h6-11,16H,3-5,12-15,17H2,1-2H3,(H,27,29). The highest BCUT2D eigenvalue weighted by Crippen LogP contribution is 2.27. The smallest absolute Gasteiger partial charge is 0.333 e. The summed E-state index contributed by atoms with van der Waals surface area (Å²) in [7, 11) is 0. The van der Waals surface area contributed by atoms with Crippen molar-refractivity contribution in [2.45, 2.75) is 20.3 Å². The van der Waals surface area contributed by atoms with Crippen molar-refractivity contribution in [1.29, 1.82) is 0 Å². The Balaban J connectivity index is 1.46. The third-order valence-corrected chi connectivity index (χ3v) is 6.62. The zero-order valence-corrected chi connectivity index (χ0v) is 20.4. The molecule has 7 nitrogen and oxygen atoms in total. The monoisotopic (exact) mass is 482 g/mol. The molecule has 0 saturated carbocycles. The molecule has 3 rings (SSSR count). The predicted octanol–water partition coefficient (Wildman–Crippen LogP) is 3.74. The van der Waals surface area contributed by atoms with Crippen LogP contribution in [0.5, 0.6) is 5.75 Å². The Hall–Kier alpha value is -3.23. The van der Waals surface area contributed by atoms with E-state index in [0.717, 1.165) is 15.9 Å². The Kier molecular flexibility index (Phi) is 9.18. The van der Waals surface area contributed by atoms with Crippen molar-refractivity contribution >= 4 is 43.4 Å². The molecule has 0 unspecified atom stereocenters. The summed E-state index contributed by atoms with van der Waals surface area (Å²) in [5.74, 6) is -0.130. The number of esters is 1. The number of likely N-dealkylation sites (N-methyl/N-ethyl adjacent to an activating group) is 1. The van der Waals surface area contributed by atoms with Gasteiger partial charge in [-0.15, -0.1) is 11.3 Å². The number of nitrogens with one attached hydrogen (secondary N) is 1. The lowest BCUT2D eigenvalue weighted by Gasteiger charge is -2.20. The summed E-state index contributed by atoms with van der Waals surface area (Å²) in [6.07, 6.45) is 0.569. The van der Waals surface area contributed by atoms with Crippen molar-refractivity contribution in [2.75, 3.05) is 39.4 Å². The van der Waals surface area contributed by atoms with Crippen LogP contribution in [0.25, 0.3) is 20.2 Å². The van der Waals surface area contributed by atoms with Crippen LogP contribution in [0.3, 0.4) is 0 Å². The normalized spacial score (nSPS) is 11.0. The number of carbonyl (C=O) groups excluding carboxylic acids is 2. The molecule has 1 amide bonds. The topological polar surface area (TPSA) is 84.9 Å². The van der Waals surface area contributed by atoms with E-state index in [0.29, 0.717) is 48.2 Å². The van der Waals surface area contributed by atoms with E-state index in [1.807, 2.05) is 44.2 Å². The first-order valence-electron chi connectivity index (χ1n) is 11.3. The summed E-state index contributed by atoms with van der Waals surface area (Å²) in [6.45, 7) is 10.1. The van der Waals surface area contributed by atoms with E-state index in [9.17, 15) is 14.4 Å². The van der Waals surface area contributed by atoms with Crippen molar-refractivity contribution in [2.24, 2.45) is 0 Å². The Labute approximate surface area is 203 Å². The minimum absolute atomic E-state index is 0.0383. The summed E-state index contributed by atoms with van der Waals surface area (Å²) in [4.78, 5) is 38.8. The first-order valence-corrected chi connectivity index (χ1v) is 12.2. The van der Waals surface area contributed by atoms with Gasteiger partial charge in [-0.1, -0.05) is 32.6 Å². The van der Waals surface area contributed by atoms with E-state index < -0.39 is 0 Å². The molecule has 0 fully saturated rings. The van der Waals surface area contributed by atoms with Crippen LogP contribution in [0.1, 0.15) is 20.3 Å². The molecule has 1 N–H and O–H groups in total. The summed E-state index contributed by atoms with van der Waals surface area (Å²) in [5, 5.41) is 4.10. The third-order valence-electron chi connectivity index (χ3n) is 5.47. The van der Waals surface area contributed by atoms with Crippen LogP contribution in [0, 0.1) is 0 Å². The average molecular weight is 483 g/mol. The van der Waals surface area contributed by atoms with Gasteiger partial charge >= 0.3 is 5.97 Å². The SMILES string of the molecule is C=C(CC)C(=O)OCCN(CC)CCNC(=O)COc1ccc2sc3ccccc3c(=O)c2c1. The number of benzene rings is 2. The number of fused-ring (bicyclic) bond motifs is 2. The van der Waals surface area contributed by atoms with Crippen LogP contribution in [-0.2, 0) is 14.3 Å². The molecule has 0 bridgehead atoms. The summed E-state index contributed by atoms with van der Waals surface area (Å²) in [6, 6.07) is 12.8. The summed E-state index contributed by atoms with van der Waals surface area (Å²) in [5.41, 5.74) is 0.422. The van der Waals surface area contributed by atoms with Crippen molar-refractivity contribution in [3.8, 4) is 5.75 Å². The van der Waals surface area contributed by atoms with Crippen molar-refractivity contribution in [3.63, 3.8) is 0 Å². The highest BCUT2D eigenvalue weighted by Gasteiger charge is 2.10. The van der Waals surface area contributed by atoms with Crippen LogP contribution < -0.4 is 15.5 Å². The van der Waals surface area contributed by atoms with Gasteiger partial charge < -0.3 is 14.8 Å². The third kappa shape index (κ3) is 6.65. The van der Waals surface area contributed by atoms with E-state index in [4.69, 9.17) is 9.47 Å². The first kappa shape index (κ1) is 25.4. The zero-order valence-electron chi connectivity index (χ0n) is 19.6. The molecule has 8 heteroatoms. The number of hydrogen-bond acceptors (Lipinski definition) is 7. The fourth-order valence-corrected chi connectivity index (χ4v) is 4.42. The molecule has 0 aliphatic carbocycles. The molecular formula is C26H30N2O5S. The van der Waals surface area contributed by atoms with Crippen LogP contribution in [0.4, 0.5) is 0 Å². The predicted molar refractivity (Wildman–Crippen MR) is 137 cm³/mol. The van der Waals surface area contributed by atoms with Crippen LogP contribution in [0.15, 0.2) is 59.4 Å². The van der Waals surface area contributed by atoms with E-state index >= 15 is 0 Å². The van der Waals surface area contributed by atoms with Crippen molar-refractivity contribution in [1.82, 2.24) is 10.2 Å². The van der Waals surface area contributed by atoms with Crippen molar-refractivity contribution < 1.29 is 19.1 Å². The average Bonchev–Trinajstić information content (AvgIpc) is 2.86. The van der Waals surface area contributed by atoms with Crippen LogP contribution in [0.2, 0.25) is 0 Å². The molecule has 1 heterocycles. The second-order valence-corrected chi connectivity index (χ2v) is 8.84. The van der Waals surface area contributed by atoms with Gasteiger partial charge in [0.2, 0.25) is 0 Å². The molecule has 1 aromatic heterocycles. The Morgan fingerprint density at radius 2 is 1.82 bits per heavy atom. The molecule has 0 spiro atoms.